The average Bonchev–Trinajstić information content (AvgIpc) is 3.22. The summed E-state index contributed by atoms with van der Waals surface area (Å²) in [7, 11) is 0. The third-order valence-corrected chi connectivity index (χ3v) is 6.26. The Morgan fingerprint density at radius 3 is 2.62 bits per heavy atom. The van der Waals surface area contributed by atoms with Crippen molar-refractivity contribution in [2.45, 2.75) is 32.0 Å². The third-order valence-electron chi connectivity index (χ3n) is 5.48. The summed E-state index contributed by atoms with van der Waals surface area (Å²) in [5.74, 6) is -0.106. The molecule has 150 valence electrons. The molecular formula is C22H22BrN3O3. The molecule has 0 saturated carbocycles. The largest absolute Gasteiger partial charge is 0.348 e. The molecule has 2 aliphatic rings. The standard InChI is InChI=1S/C22H22BrN3O3/c23-18-5-2-1-4-17(18)12-24-21(28)16-9-7-15(8-10-16)13-25-14-20(27)26-11-3-6-19(26)22(25)29/h1-2,4-5,7-10,19H,3,6,11-14H2,(H,24,28)/t19-/m1/s1. The summed E-state index contributed by atoms with van der Waals surface area (Å²) in [5, 5.41) is 2.91. The fourth-order valence-electron chi connectivity index (χ4n) is 3.90. The van der Waals surface area contributed by atoms with E-state index in [1.807, 2.05) is 36.4 Å². The van der Waals surface area contributed by atoms with E-state index < -0.39 is 0 Å². The van der Waals surface area contributed by atoms with Crippen molar-refractivity contribution in [1.29, 1.82) is 0 Å². The molecule has 1 atom stereocenters. The number of hydrogen-bond donors (Lipinski definition) is 1. The predicted molar refractivity (Wildman–Crippen MR) is 112 cm³/mol. The molecule has 2 heterocycles. The highest BCUT2D eigenvalue weighted by Crippen LogP contribution is 2.24. The normalized spacial score (nSPS) is 18.7. The van der Waals surface area contributed by atoms with Gasteiger partial charge in [0.2, 0.25) is 11.8 Å². The van der Waals surface area contributed by atoms with Crippen LogP contribution >= 0.6 is 15.9 Å². The first-order valence-electron chi connectivity index (χ1n) is 9.72. The van der Waals surface area contributed by atoms with Gasteiger partial charge in [-0.1, -0.05) is 46.3 Å². The maximum absolute atomic E-state index is 12.6. The molecule has 3 amide bonds. The first-order valence-corrected chi connectivity index (χ1v) is 10.5. The smallest absolute Gasteiger partial charge is 0.251 e. The number of benzene rings is 2. The van der Waals surface area contributed by atoms with Gasteiger partial charge in [0, 0.05) is 29.7 Å². The van der Waals surface area contributed by atoms with Crippen molar-refractivity contribution >= 4 is 33.7 Å². The van der Waals surface area contributed by atoms with E-state index in [1.54, 1.807) is 21.9 Å². The topological polar surface area (TPSA) is 69.7 Å². The number of halogens is 1. The minimum Gasteiger partial charge on any atom is -0.348 e. The Labute approximate surface area is 178 Å². The van der Waals surface area contributed by atoms with Crippen molar-refractivity contribution < 1.29 is 14.4 Å². The van der Waals surface area contributed by atoms with Gasteiger partial charge in [0.25, 0.3) is 5.91 Å². The Balaban J connectivity index is 1.36. The fraction of sp³-hybridized carbons (Fsp3) is 0.318. The summed E-state index contributed by atoms with van der Waals surface area (Å²) in [6, 6.07) is 14.6. The number of nitrogens with one attached hydrogen (secondary N) is 1. The van der Waals surface area contributed by atoms with E-state index >= 15 is 0 Å². The van der Waals surface area contributed by atoms with Crippen LogP contribution in [0.1, 0.15) is 34.3 Å². The molecule has 29 heavy (non-hydrogen) atoms. The first kappa shape index (κ1) is 19.6. The Kier molecular flexibility index (Phi) is 5.67. The van der Waals surface area contributed by atoms with Crippen LogP contribution in [0.5, 0.6) is 0 Å². The lowest BCUT2D eigenvalue weighted by atomic mass is 10.1. The molecule has 1 N–H and O–H groups in total. The molecule has 4 rings (SSSR count). The first-order chi connectivity index (χ1) is 14.0. The van der Waals surface area contributed by atoms with Crippen molar-refractivity contribution in [3.63, 3.8) is 0 Å². The molecular weight excluding hydrogens is 434 g/mol. The molecule has 2 saturated heterocycles. The Bertz CT molecular complexity index is 945. The predicted octanol–water partition coefficient (Wildman–Crippen LogP) is 2.71. The van der Waals surface area contributed by atoms with Gasteiger partial charge in [-0.15, -0.1) is 0 Å². The highest BCUT2D eigenvalue weighted by Gasteiger charge is 2.41. The third kappa shape index (κ3) is 4.19. The molecule has 0 spiro atoms. The molecule has 0 radical (unpaired) electrons. The van der Waals surface area contributed by atoms with Crippen LogP contribution in [-0.2, 0) is 22.7 Å². The van der Waals surface area contributed by atoms with Gasteiger partial charge in [0.1, 0.15) is 12.6 Å². The van der Waals surface area contributed by atoms with Crippen molar-refractivity contribution in [2.75, 3.05) is 13.1 Å². The molecule has 2 aromatic carbocycles. The van der Waals surface area contributed by atoms with Crippen molar-refractivity contribution in [2.24, 2.45) is 0 Å². The molecule has 0 aliphatic carbocycles. The number of carbonyl (C=O) groups excluding carboxylic acids is 3. The van der Waals surface area contributed by atoms with Crippen LogP contribution in [0, 0.1) is 0 Å². The molecule has 7 heteroatoms. The van der Waals surface area contributed by atoms with E-state index in [0.29, 0.717) is 25.2 Å². The molecule has 2 aromatic rings. The summed E-state index contributed by atoms with van der Waals surface area (Å²) >= 11 is 3.47. The molecule has 6 nitrogen and oxygen atoms in total. The highest BCUT2D eigenvalue weighted by molar-refractivity contribution is 9.10. The van der Waals surface area contributed by atoms with E-state index in [4.69, 9.17) is 0 Å². The number of piperazine rings is 1. The molecule has 0 aromatic heterocycles. The molecule has 2 fully saturated rings. The van der Waals surface area contributed by atoms with Crippen LogP contribution in [0.15, 0.2) is 53.0 Å². The second-order valence-corrected chi connectivity index (χ2v) is 8.26. The van der Waals surface area contributed by atoms with Gasteiger partial charge in [-0.2, -0.15) is 0 Å². The number of nitrogens with zero attached hydrogens (tertiary/aromatic N) is 2. The van der Waals surface area contributed by atoms with Gasteiger partial charge in [-0.05, 0) is 42.2 Å². The van der Waals surface area contributed by atoms with E-state index in [-0.39, 0.29) is 30.3 Å². The van der Waals surface area contributed by atoms with Gasteiger partial charge < -0.3 is 15.1 Å². The minimum atomic E-state index is -0.293. The average molecular weight is 456 g/mol. The zero-order valence-electron chi connectivity index (χ0n) is 15.9. The number of rotatable bonds is 5. The number of hydrogen-bond acceptors (Lipinski definition) is 3. The van der Waals surface area contributed by atoms with Crippen molar-refractivity contribution in [1.82, 2.24) is 15.1 Å². The Morgan fingerprint density at radius 2 is 1.86 bits per heavy atom. The zero-order chi connectivity index (χ0) is 20.4. The monoisotopic (exact) mass is 455 g/mol. The lowest BCUT2D eigenvalue weighted by Gasteiger charge is -2.36. The van der Waals surface area contributed by atoms with Gasteiger partial charge >= 0.3 is 0 Å². The molecule has 0 unspecified atom stereocenters. The van der Waals surface area contributed by atoms with Gasteiger partial charge in [0.05, 0.1) is 0 Å². The van der Waals surface area contributed by atoms with Gasteiger partial charge in [-0.3, -0.25) is 14.4 Å². The van der Waals surface area contributed by atoms with Crippen molar-refractivity contribution in [3.05, 3.63) is 69.7 Å². The van der Waals surface area contributed by atoms with Crippen LogP contribution in [-0.4, -0.2) is 46.7 Å². The Hall–Kier alpha value is -2.67. The number of carbonyl (C=O) groups is 3. The van der Waals surface area contributed by atoms with Crippen LogP contribution in [0.25, 0.3) is 0 Å². The highest BCUT2D eigenvalue weighted by atomic mass is 79.9. The number of fused-ring (bicyclic) bond motifs is 1. The fourth-order valence-corrected chi connectivity index (χ4v) is 4.32. The maximum atomic E-state index is 12.6. The van der Waals surface area contributed by atoms with E-state index in [1.165, 1.54) is 0 Å². The summed E-state index contributed by atoms with van der Waals surface area (Å²) < 4.78 is 0.956. The zero-order valence-corrected chi connectivity index (χ0v) is 17.5. The van der Waals surface area contributed by atoms with Crippen LogP contribution in [0.3, 0.4) is 0 Å². The van der Waals surface area contributed by atoms with Gasteiger partial charge in [-0.25, -0.2) is 0 Å². The van der Waals surface area contributed by atoms with E-state index in [2.05, 4.69) is 21.2 Å². The second kappa shape index (κ2) is 8.37. The Morgan fingerprint density at radius 1 is 1.10 bits per heavy atom. The second-order valence-electron chi connectivity index (χ2n) is 7.41. The van der Waals surface area contributed by atoms with Gasteiger partial charge in [0.15, 0.2) is 0 Å². The summed E-state index contributed by atoms with van der Waals surface area (Å²) in [6.07, 6.45) is 1.64. The molecule has 0 bridgehead atoms. The lowest BCUT2D eigenvalue weighted by Crippen LogP contribution is -2.56. The van der Waals surface area contributed by atoms with E-state index in [0.717, 1.165) is 28.4 Å². The molecule has 2 aliphatic heterocycles. The summed E-state index contributed by atoms with van der Waals surface area (Å²) in [4.78, 5) is 40.6. The lowest BCUT2D eigenvalue weighted by molar-refractivity contribution is -0.154. The van der Waals surface area contributed by atoms with Crippen LogP contribution < -0.4 is 5.32 Å². The number of amides is 3. The quantitative estimate of drug-likeness (QED) is 0.753. The van der Waals surface area contributed by atoms with E-state index in [9.17, 15) is 14.4 Å². The van der Waals surface area contributed by atoms with Crippen molar-refractivity contribution in [3.8, 4) is 0 Å². The minimum absolute atomic E-state index is 0.0233. The summed E-state index contributed by atoms with van der Waals surface area (Å²) in [5.41, 5.74) is 2.47. The SMILES string of the molecule is O=C(NCc1ccccc1Br)c1ccc(CN2CC(=O)N3CCC[C@@H]3C2=O)cc1. The van der Waals surface area contributed by atoms with Crippen LogP contribution in [0.2, 0.25) is 0 Å². The summed E-state index contributed by atoms with van der Waals surface area (Å²) in [6.45, 7) is 1.63. The van der Waals surface area contributed by atoms with Crippen LogP contribution in [0.4, 0.5) is 0 Å². The maximum Gasteiger partial charge on any atom is 0.251 e.